The molecule has 5 heteroatoms. The number of aliphatic hydroxyl groups is 1. The smallest absolute Gasteiger partial charge is 0.379 e. The molecule has 1 aliphatic rings. The number of carbonyl (C=O) groups excluding carboxylic acids is 2. The van der Waals surface area contributed by atoms with Gasteiger partial charge in [-0.3, -0.25) is 4.79 Å². The van der Waals surface area contributed by atoms with Gasteiger partial charge in [-0.1, -0.05) is 18.2 Å². The number of thioether (sulfide) groups is 1. The highest BCUT2D eigenvalue weighted by Gasteiger charge is 2.28. The Bertz CT molecular complexity index is 534. The predicted octanol–water partition coefficient (Wildman–Crippen LogP) is 2.19. The molecule has 1 N–H and O–H groups in total. The molecule has 1 aromatic rings. The Hall–Kier alpha value is -1.75. The Morgan fingerprint density at radius 3 is 2.83 bits per heavy atom. The minimum Gasteiger partial charge on any atom is -0.507 e. The van der Waals surface area contributed by atoms with Crippen molar-refractivity contribution in [3.05, 3.63) is 35.4 Å². The van der Waals surface area contributed by atoms with Gasteiger partial charge in [0.2, 0.25) is 0 Å². The van der Waals surface area contributed by atoms with Crippen molar-refractivity contribution in [1.29, 1.82) is 0 Å². The topological polar surface area (TPSA) is 63.6 Å². The summed E-state index contributed by atoms with van der Waals surface area (Å²) in [4.78, 5) is 24.1. The van der Waals surface area contributed by atoms with Crippen LogP contribution in [0.15, 0.2) is 34.7 Å². The Balaban J connectivity index is 2.35. The van der Waals surface area contributed by atoms with Crippen LogP contribution in [0.25, 0.3) is 5.76 Å². The SMILES string of the molecule is CCOC(=O)C(=O)C1=C(O)c2ccccc2SC1. The van der Waals surface area contributed by atoms with E-state index in [9.17, 15) is 14.7 Å². The number of aliphatic hydroxyl groups excluding tert-OH is 1. The van der Waals surface area contributed by atoms with Crippen LogP contribution in [-0.4, -0.2) is 29.2 Å². The third-order valence-electron chi connectivity index (χ3n) is 2.53. The minimum absolute atomic E-state index is 0.108. The van der Waals surface area contributed by atoms with Crippen molar-refractivity contribution < 1.29 is 19.4 Å². The molecule has 94 valence electrons. The van der Waals surface area contributed by atoms with Gasteiger partial charge >= 0.3 is 5.97 Å². The van der Waals surface area contributed by atoms with Gasteiger partial charge in [-0.2, -0.15) is 0 Å². The van der Waals surface area contributed by atoms with Gasteiger partial charge in [-0.25, -0.2) is 4.79 Å². The molecule has 0 atom stereocenters. The summed E-state index contributed by atoms with van der Waals surface area (Å²) in [5.41, 5.74) is 0.693. The summed E-state index contributed by atoms with van der Waals surface area (Å²) in [6, 6.07) is 7.21. The lowest BCUT2D eigenvalue weighted by Gasteiger charge is -2.17. The van der Waals surface area contributed by atoms with Crippen molar-refractivity contribution in [3.63, 3.8) is 0 Å². The Labute approximate surface area is 109 Å². The molecular formula is C13H12O4S. The second kappa shape index (κ2) is 5.27. The first-order chi connectivity index (χ1) is 8.65. The molecule has 2 rings (SSSR count). The molecule has 0 aliphatic carbocycles. The number of carbonyl (C=O) groups is 2. The average molecular weight is 264 g/mol. The van der Waals surface area contributed by atoms with E-state index < -0.39 is 11.8 Å². The van der Waals surface area contributed by atoms with Crippen molar-refractivity contribution in [2.24, 2.45) is 0 Å². The Kier molecular flexibility index (Phi) is 3.72. The highest BCUT2D eigenvalue weighted by atomic mass is 32.2. The van der Waals surface area contributed by atoms with Gasteiger partial charge in [0.1, 0.15) is 5.76 Å². The Morgan fingerprint density at radius 1 is 1.39 bits per heavy atom. The molecular weight excluding hydrogens is 252 g/mol. The predicted molar refractivity (Wildman–Crippen MR) is 68.4 cm³/mol. The van der Waals surface area contributed by atoms with Crippen LogP contribution in [0.2, 0.25) is 0 Å². The molecule has 0 aromatic heterocycles. The lowest BCUT2D eigenvalue weighted by molar-refractivity contribution is -0.151. The molecule has 0 fully saturated rings. The molecule has 18 heavy (non-hydrogen) atoms. The monoisotopic (exact) mass is 264 g/mol. The molecule has 0 bridgehead atoms. The number of Topliss-reactive ketones (excluding diaryl/α,β-unsaturated/α-hetero) is 1. The van der Waals surface area contributed by atoms with E-state index in [2.05, 4.69) is 4.74 Å². The standard InChI is InChI=1S/C13H12O4S/c1-2-17-13(16)12(15)9-7-18-10-6-4-3-5-8(10)11(9)14/h3-6,14H,2,7H2,1H3. The largest absolute Gasteiger partial charge is 0.507 e. The van der Waals surface area contributed by atoms with Crippen molar-refractivity contribution in [3.8, 4) is 0 Å². The minimum atomic E-state index is -0.918. The summed E-state index contributed by atoms with van der Waals surface area (Å²) in [6.45, 7) is 1.77. The molecule has 0 saturated heterocycles. The third kappa shape index (κ3) is 2.26. The number of fused-ring (bicyclic) bond motifs is 1. The van der Waals surface area contributed by atoms with Crippen LogP contribution >= 0.6 is 11.8 Å². The maximum atomic E-state index is 11.8. The first-order valence-corrected chi connectivity index (χ1v) is 6.49. The molecule has 0 unspecified atom stereocenters. The van der Waals surface area contributed by atoms with E-state index in [0.717, 1.165) is 4.90 Å². The number of ketones is 1. The normalized spacial score (nSPS) is 14.1. The van der Waals surface area contributed by atoms with Crippen molar-refractivity contribution in [1.82, 2.24) is 0 Å². The first kappa shape index (κ1) is 12.7. The second-order valence-corrected chi connectivity index (χ2v) is 4.68. The van der Waals surface area contributed by atoms with Crippen LogP contribution in [0.1, 0.15) is 12.5 Å². The maximum absolute atomic E-state index is 11.8. The second-order valence-electron chi connectivity index (χ2n) is 3.66. The van der Waals surface area contributed by atoms with Gasteiger partial charge in [-0.05, 0) is 13.0 Å². The van der Waals surface area contributed by atoms with Crippen LogP contribution in [0, 0.1) is 0 Å². The van der Waals surface area contributed by atoms with Crippen LogP contribution < -0.4 is 0 Å². The molecule has 0 amide bonds. The molecule has 4 nitrogen and oxygen atoms in total. The van der Waals surface area contributed by atoms with E-state index in [-0.39, 0.29) is 23.7 Å². The van der Waals surface area contributed by atoms with Gasteiger partial charge in [0, 0.05) is 16.2 Å². The van der Waals surface area contributed by atoms with E-state index in [0.29, 0.717) is 5.56 Å². The summed E-state index contributed by atoms with van der Waals surface area (Å²) in [5.74, 6) is -1.53. The fraction of sp³-hybridized carbons (Fsp3) is 0.231. The Morgan fingerprint density at radius 2 is 2.11 bits per heavy atom. The number of rotatable bonds is 3. The third-order valence-corrected chi connectivity index (χ3v) is 3.63. The lowest BCUT2D eigenvalue weighted by atomic mass is 10.1. The molecule has 0 spiro atoms. The summed E-state index contributed by atoms with van der Waals surface area (Å²) in [7, 11) is 0. The molecule has 1 heterocycles. The van der Waals surface area contributed by atoms with Crippen molar-refractivity contribution >= 4 is 29.3 Å². The maximum Gasteiger partial charge on any atom is 0.379 e. The number of benzene rings is 1. The summed E-state index contributed by atoms with van der Waals surface area (Å²) < 4.78 is 4.65. The molecule has 1 aromatic carbocycles. The van der Waals surface area contributed by atoms with E-state index in [4.69, 9.17) is 0 Å². The van der Waals surface area contributed by atoms with Crippen LogP contribution in [0.5, 0.6) is 0 Å². The van der Waals surface area contributed by atoms with Gasteiger partial charge in [-0.15, -0.1) is 11.8 Å². The van der Waals surface area contributed by atoms with Crippen molar-refractivity contribution in [2.45, 2.75) is 11.8 Å². The van der Waals surface area contributed by atoms with E-state index in [1.165, 1.54) is 11.8 Å². The summed E-state index contributed by atoms with van der Waals surface area (Å²) in [6.07, 6.45) is 0. The van der Waals surface area contributed by atoms with Gasteiger partial charge in [0.25, 0.3) is 5.78 Å². The van der Waals surface area contributed by atoms with Gasteiger partial charge in [0.05, 0.1) is 12.2 Å². The summed E-state index contributed by atoms with van der Waals surface area (Å²) in [5, 5.41) is 10.0. The zero-order valence-corrected chi connectivity index (χ0v) is 10.6. The highest BCUT2D eigenvalue weighted by Crippen LogP contribution is 2.35. The molecule has 0 saturated carbocycles. The zero-order chi connectivity index (χ0) is 13.1. The quantitative estimate of drug-likeness (QED) is 0.669. The fourth-order valence-electron chi connectivity index (χ4n) is 1.66. The first-order valence-electron chi connectivity index (χ1n) is 5.51. The van der Waals surface area contributed by atoms with E-state index in [1.807, 2.05) is 12.1 Å². The lowest BCUT2D eigenvalue weighted by Crippen LogP contribution is -2.23. The molecule has 0 radical (unpaired) electrons. The van der Waals surface area contributed by atoms with Crippen LogP contribution in [0.4, 0.5) is 0 Å². The average Bonchev–Trinajstić information content (AvgIpc) is 2.39. The van der Waals surface area contributed by atoms with Gasteiger partial charge < -0.3 is 9.84 Å². The van der Waals surface area contributed by atoms with Crippen LogP contribution in [0.3, 0.4) is 0 Å². The fourth-order valence-corrected chi connectivity index (χ4v) is 2.72. The van der Waals surface area contributed by atoms with E-state index >= 15 is 0 Å². The number of hydrogen-bond donors (Lipinski definition) is 1. The van der Waals surface area contributed by atoms with Gasteiger partial charge in [0.15, 0.2) is 0 Å². The van der Waals surface area contributed by atoms with Crippen molar-refractivity contribution in [2.75, 3.05) is 12.4 Å². The zero-order valence-electron chi connectivity index (χ0n) is 9.80. The highest BCUT2D eigenvalue weighted by molar-refractivity contribution is 7.99. The van der Waals surface area contributed by atoms with Crippen LogP contribution in [-0.2, 0) is 14.3 Å². The number of esters is 1. The summed E-state index contributed by atoms with van der Waals surface area (Å²) >= 11 is 1.42. The molecule has 1 aliphatic heterocycles. The number of hydrogen-bond acceptors (Lipinski definition) is 5. The number of ether oxygens (including phenoxy) is 1. The van der Waals surface area contributed by atoms with E-state index in [1.54, 1.807) is 19.1 Å².